The molecule has 4 N–H and O–H groups in total. The standard InChI is InChI=1S/C22H26FN5/c1-2-17-6-4-7-18(25-17)14-9-10-15(11-14)20-12-21(28-27-20)26-19-8-3-5-16(13-24)22(19)23/h3-8,12,14-15H,2,9-11,13,24H2,1H3,(H2,26,27,28). The van der Waals surface area contributed by atoms with Crippen LogP contribution in [0.25, 0.3) is 0 Å². The third-order valence-corrected chi connectivity index (χ3v) is 5.64. The minimum atomic E-state index is -0.322. The van der Waals surface area contributed by atoms with E-state index in [0.29, 0.717) is 28.9 Å². The first-order chi connectivity index (χ1) is 13.7. The number of benzene rings is 1. The highest BCUT2D eigenvalue weighted by Crippen LogP contribution is 2.43. The van der Waals surface area contributed by atoms with Gasteiger partial charge in [-0.1, -0.05) is 25.1 Å². The second-order valence-electron chi connectivity index (χ2n) is 7.43. The number of nitrogens with zero attached hydrogens (tertiary/aromatic N) is 2. The van der Waals surface area contributed by atoms with E-state index in [0.717, 1.165) is 37.1 Å². The molecule has 3 aromatic rings. The van der Waals surface area contributed by atoms with Crippen molar-refractivity contribution in [1.82, 2.24) is 15.2 Å². The molecule has 1 aromatic carbocycles. The maximum atomic E-state index is 14.4. The highest BCUT2D eigenvalue weighted by atomic mass is 19.1. The van der Waals surface area contributed by atoms with Crippen molar-refractivity contribution in [3.8, 4) is 0 Å². The lowest BCUT2D eigenvalue weighted by Crippen LogP contribution is -2.02. The van der Waals surface area contributed by atoms with Gasteiger partial charge in [0, 0.05) is 47.1 Å². The topological polar surface area (TPSA) is 79.6 Å². The van der Waals surface area contributed by atoms with Crippen LogP contribution in [0.1, 0.15) is 60.7 Å². The Morgan fingerprint density at radius 2 is 2.00 bits per heavy atom. The molecule has 1 aliphatic carbocycles. The number of aromatic amines is 1. The maximum absolute atomic E-state index is 14.4. The van der Waals surface area contributed by atoms with Crippen LogP contribution in [0.3, 0.4) is 0 Å². The van der Waals surface area contributed by atoms with E-state index in [9.17, 15) is 4.39 Å². The van der Waals surface area contributed by atoms with Crippen molar-refractivity contribution in [2.75, 3.05) is 5.32 Å². The third kappa shape index (κ3) is 3.78. The van der Waals surface area contributed by atoms with Gasteiger partial charge in [0.15, 0.2) is 11.6 Å². The monoisotopic (exact) mass is 379 g/mol. The summed E-state index contributed by atoms with van der Waals surface area (Å²) in [6.45, 7) is 2.30. The summed E-state index contributed by atoms with van der Waals surface area (Å²) in [5, 5.41) is 10.5. The van der Waals surface area contributed by atoms with Crippen LogP contribution in [0.2, 0.25) is 0 Å². The molecule has 5 nitrogen and oxygen atoms in total. The average molecular weight is 379 g/mol. The first-order valence-corrected chi connectivity index (χ1v) is 9.93. The van der Waals surface area contributed by atoms with Crippen LogP contribution >= 0.6 is 0 Å². The van der Waals surface area contributed by atoms with Crippen molar-refractivity contribution in [3.05, 3.63) is 70.9 Å². The predicted molar refractivity (Wildman–Crippen MR) is 109 cm³/mol. The molecule has 1 aliphatic rings. The molecular formula is C22H26FN5. The summed E-state index contributed by atoms with van der Waals surface area (Å²) in [6, 6.07) is 13.5. The number of anilines is 2. The predicted octanol–water partition coefficient (Wildman–Crippen LogP) is 4.76. The molecule has 2 unspecified atom stereocenters. The molecule has 4 rings (SSSR count). The molecule has 0 radical (unpaired) electrons. The zero-order chi connectivity index (χ0) is 19.5. The number of rotatable bonds is 6. The average Bonchev–Trinajstić information content (AvgIpc) is 3.39. The van der Waals surface area contributed by atoms with Gasteiger partial charge in [0.2, 0.25) is 0 Å². The fourth-order valence-electron chi connectivity index (χ4n) is 4.04. The first-order valence-electron chi connectivity index (χ1n) is 9.93. The molecule has 0 saturated heterocycles. The molecule has 2 aromatic heterocycles. The van der Waals surface area contributed by atoms with Gasteiger partial charge in [-0.05, 0) is 43.9 Å². The lowest BCUT2D eigenvalue weighted by atomic mass is 9.99. The number of nitrogens with one attached hydrogen (secondary N) is 2. The number of aryl methyl sites for hydroxylation is 1. The molecular weight excluding hydrogens is 353 g/mol. The number of H-pyrrole nitrogens is 1. The van der Waals surface area contributed by atoms with E-state index in [1.54, 1.807) is 18.2 Å². The molecule has 146 valence electrons. The Hall–Kier alpha value is -2.73. The van der Waals surface area contributed by atoms with Gasteiger partial charge < -0.3 is 11.1 Å². The number of nitrogens with two attached hydrogens (primary N) is 1. The van der Waals surface area contributed by atoms with E-state index in [2.05, 4.69) is 40.6 Å². The van der Waals surface area contributed by atoms with Gasteiger partial charge in [0.25, 0.3) is 0 Å². The smallest absolute Gasteiger partial charge is 0.152 e. The second-order valence-corrected chi connectivity index (χ2v) is 7.43. The summed E-state index contributed by atoms with van der Waals surface area (Å²) in [6.07, 6.45) is 4.24. The Morgan fingerprint density at radius 3 is 2.82 bits per heavy atom. The lowest BCUT2D eigenvalue weighted by Gasteiger charge is -2.11. The Labute approximate surface area is 164 Å². The van der Waals surface area contributed by atoms with Crippen LogP contribution in [-0.4, -0.2) is 15.2 Å². The van der Waals surface area contributed by atoms with Gasteiger partial charge in [-0.3, -0.25) is 10.1 Å². The summed E-state index contributed by atoms with van der Waals surface area (Å²) >= 11 is 0. The Morgan fingerprint density at radius 1 is 1.18 bits per heavy atom. The molecule has 0 amide bonds. The van der Waals surface area contributed by atoms with Gasteiger partial charge >= 0.3 is 0 Å². The van der Waals surface area contributed by atoms with Crippen molar-refractivity contribution >= 4 is 11.5 Å². The fourth-order valence-corrected chi connectivity index (χ4v) is 4.04. The van der Waals surface area contributed by atoms with Crippen LogP contribution in [0.5, 0.6) is 0 Å². The van der Waals surface area contributed by atoms with E-state index in [-0.39, 0.29) is 12.4 Å². The van der Waals surface area contributed by atoms with Crippen molar-refractivity contribution in [2.24, 2.45) is 5.73 Å². The molecule has 1 saturated carbocycles. The third-order valence-electron chi connectivity index (χ3n) is 5.64. The fraction of sp³-hybridized carbons (Fsp3) is 0.364. The molecule has 0 spiro atoms. The Bertz CT molecular complexity index is 952. The van der Waals surface area contributed by atoms with Crippen LogP contribution in [0.15, 0.2) is 42.5 Å². The Kier molecular flexibility index (Phi) is 5.39. The summed E-state index contributed by atoms with van der Waals surface area (Å²) in [7, 11) is 0. The van der Waals surface area contributed by atoms with Gasteiger partial charge in [-0.15, -0.1) is 0 Å². The molecule has 2 heterocycles. The lowest BCUT2D eigenvalue weighted by molar-refractivity contribution is 0.614. The van der Waals surface area contributed by atoms with E-state index < -0.39 is 0 Å². The van der Waals surface area contributed by atoms with Gasteiger partial charge in [-0.25, -0.2) is 4.39 Å². The van der Waals surface area contributed by atoms with Crippen LogP contribution < -0.4 is 11.1 Å². The largest absolute Gasteiger partial charge is 0.336 e. The molecule has 0 aliphatic heterocycles. The van der Waals surface area contributed by atoms with Crippen molar-refractivity contribution in [1.29, 1.82) is 0 Å². The highest BCUT2D eigenvalue weighted by molar-refractivity contribution is 5.58. The first kappa shape index (κ1) is 18.6. The molecule has 1 fully saturated rings. The number of hydrogen-bond acceptors (Lipinski definition) is 4. The number of hydrogen-bond donors (Lipinski definition) is 3. The quantitative estimate of drug-likeness (QED) is 0.577. The van der Waals surface area contributed by atoms with Crippen molar-refractivity contribution < 1.29 is 4.39 Å². The normalized spacial score (nSPS) is 19.1. The summed E-state index contributed by atoms with van der Waals surface area (Å²) in [5.41, 5.74) is 9.90. The maximum Gasteiger partial charge on any atom is 0.152 e. The number of halogens is 1. The second kappa shape index (κ2) is 8.10. The molecule has 0 bridgehead atoms. The summed E-state index contributed by atoms with van der Waals surface area (Å²) < 4.78 is 14.4. The molecule has 6 heteroatoms. The zero-order valence-electron chi connectivity index (χ0n) is 16.1. The highest BCUT2D eigenvalue weighted by Gasteiger charge is 2.29. The van der Waals surface area contributed by atoms with Crippen LogP contribution in [0, 0.1) is 5.82 Å². The molecule has 28 heavy (non-hydrogen) atoms. The van der Waals surface area contributed by atoms with E-state index in [1.165, 1.54) is 5.69 Å². The van der Waals surface area contributed by atoms with Crippen molar-refractivity contribution in [3.63, 3.8) is 0 Å². The van der Waals surface area contributed by atoms with Crippen molar-refractivity contribution in [2.45, 2.75) is 51.0 Å². The van der Waals surface area contributed by atoms with Gasteiger partial charge in [0.05, 0.1) is 5.69 Å². The molecule has 2 atom stereocenters. The van der Waals surface area contributed by atoms with E-state index in [1.807, 2.05) is 6.07 Å². The van der Waals surface area contributed by atoms with Gasteiger partial charge in [0.1, 0.15) is 0 Å². The minimum absolute atomic E-state index is 0.171. The summed E-state index contributed by atoms with van der Waals surface area (Å²) in [4.78, 5) is 4.80. The number of pyridine rings is 1. The van der Waals surface area contributed by atoms with E-state index >= 15 is 0 Å². The van der Waals surface area contributed by atoms with Crippen LogP contribution in [0.4, 0.5) is 15.9 Å². The van der Waals surface area contributed by atoms with Gasteiger partial charge in [-0.2, -0.15) is 5.10 Å². The summed E-state index contributed by atoms with van der Waals surface area (Å²) in [5.74, 6) is 1.20. The van der Waals surface area contributed by atoms with E-state index in [4.69, 9.17) is 10.7 Å². The zero-order valence-corrected chi connectivity index (χ0v) is 16.1. The Balaban J connectivity index is 1.45. The minimum Gasteiger partial charge on any atom is -0.336 e. The SMILES string of the molecule is CCc1cccc(C2CCC(c3cc(Nc4cccc(CN)c4F)n[nH]3)C2)n1. The van der Waals surface area contributed by atoms with Crippen LogP contribution in [-0.2, 0) is 13.0 Å². The number of aromatic nitrogens is 3.